The molecule has 0 aliphatic heterocycles. The van der Waals surface area contributed by atoms with Crippen LogP contribution in [-0.2, 0) is 4.79 Å². The fraction of sp³-hybridized carbons (Fsp3) is 0.364. The molecule has 1 atom stereocenters. The lowest BCUT2D eigenvalue weighted by molar-refractivity contribution is -0.147. The predicted molar refractivity (Wildman–Crippen MR) is 66.0 cm³/mol. The van der Waals surface area contributed by atoms with Gasteiger partial charge < -0.3 is 9.84 Å². The zero-order chi connectivity index (χ0) is 11.4. The smallest absolute Gasteiger partial charge is 0.345 e. The standard InChI is InChI=1S/C11H13IO3/c1-7(2)10(11(13)14)15-9-6-4-3-5-8(9)12/h3-7,10H,1-2H3,(H,13,14)/t10-/m0/s1. The summed E-state index contributed by atoms with van der Waals surface area (Å²) in [6.45, 7) is 3.66. The number of aliphatic carboxylic acids is 1. The molecular formula is C11H13IO3. The third-order valence-electron chi connectivity index (χ3n) is 1.94. The number of carboxylic acids is 1. The van der Waals surface area contributed by atoms with Gasteiger partial charge in [0.1, 0.15) is 5.75 Å². The first-order valence-corrected chi connectivity index (χ1v) is 5.74. The molecule has 0 bridgehead atoms. The molecule has 0 aliphatic rings. The number of carbonyl (C=O) groups is 1. The highest BCUT2D eigenvalue weighted by molar-refractivity contribution is 14.1. The fourth-order valence-electron chi connectivity index (χ4n) is 1.15. The van der Waals surface area contributed by atoms with Crippen molar-refractivity contribution in [1.29, 1.82) is 0 Å². The molecule has 82 valence electrons. The molecule has 1 rings (SSSR count). The summed E-state index contributed by atoms with van der Waals surface area (Å²) < 4.78 is 6.38. The van der Waals surface area contributed by atoms with Crippen LogP contribution in [-0.4, -0.2) is 17.2 Å². The molecule has 1 N–H and O–H groups in total. The molecule has 0 amide bonds. The number of para-hydroxylation sites is 1. The van der Waals surface area contributed by atoms with Gasteiger partial charge >= 0.3 is 5.97 Å². The van der Waals surface area contributed by atoms with Gasteiger partial charge in [-0.2, -0.15) is 0 Å². The van der Waals surface area contributed by atoms with E-state index in [2.05, 4.69) is 22.6 Å². The molecule has 0 saturated carbocycles. The fourth-order valence-corrected chi connectivity index (χ4v) is 1.66. The van der Waals surface area contributed by atoms with Gasteiger partial charge in [-0.1, -0.05) is 26.0 Å². The van der Waals surface area contributed by atoms with Crippen LogP contribution in [0.1, 0.15) is 13.8 Å². The van der Waals surface area contributed by atoms with Crippen molar-refractivity contribution < 1.29 is 14.6 Å². The van der Waals surface area contributed by atoms with Crippen molar-refractivity contribution in [3.63, 3.8) is 0 Å². The summed E-state index contributed by atoms with van der Waals surface area (Å²) in [6, 6.07) is 7.38. The van der Waals surface area contributed by atoms with Crippen LogP contribution in [0.15, 0.2) is 24.3 Å². The number of hydrogen-bond acceptors (Lipinski definition) is 2. The van der Waals surface area contributed by atoms with Gasteiger partial charge in [-0.25, -0.2) is 4.79 Å². The molecule has 0 saturated heterocycles. The SMILES string of the molecule is CC(C)[C@H](Oc1ccccc1I)C(=O)O. The largest absolute Gasteiger partial charge is 0.478 e. The first-order chi connectivity index (χ1) is 7.02. The highest BCUT2D eigenvalue weighted by Crippen LogP contribution is 2.22. The van der Waals surface area contributed by atoms with Crippen molar-refractivity contribution in [3.05, 3.63) is 27.8 Å². The molecule has 15 heavy (non-hydrogen) atoms. The number of hydrogen-bond donors (Lipinski definition) is 1. The molecule has 1 aromatic rings. The first kappa shape index (κ1) is 12.3. The van der Waals surface area contributed by atoms with Crippen LogP contribution in [0.5, 0.6) is 5.75 Å². The number of carboxylic acid groups (broad SMARTS) is 1. The number of ether oxygens (including phenoxy) is 1. The van der Waals surface area contributed by atoms with E-state index in [1.54, 1.807) is 6.07 Å². The quantitative estimate of drug-likeness (QED) is 0.868. The van der Waals surface area contributed by atoms with Crippen molar-refractivity contribution in [2.75, 3.05) is 0 Å². The van der Waals surface area contributed by atoms with E-state index in [-0.39, 0.29) is 5.92 Å². The van der Waals surface area contributed by atoms with Crippen LogP contribution in [0.4, 0.5) is 0 Å². The van der Waals surface area contributed by atoms with Gasteiger partial charge in [0.2, 0.25) is 0 Å². The van der Waals surface area contributed by atoms with E-state index in [0.717, 1.165) is 3.57 Å². The Kier molecular flexibility index (Phi) is 4.38. The van der Waals surface area contributed by atoms with Gasteiger partial charge in [0.05, 0.1) is 3.57 Å². The molecule has 0 aliphatic carbocycles. The minimum absolute atomic E-state index is 0.0569. The van der Waals surface area contributed by atoms with E-state index in [0.29, 0.717) is 5.75 Å². The topological polar surface area (TPSA) is 46.5 Å². The van der Waals surface area contributed by atoms with Crippen molar-refractivity contribution in [3.8, 4) is 5.75 Å². The monoisotopic (exact) mass is 320 g/mol. The van der Waals surface area contributed by atoms with E-state index in [4.69, 9.17) is 9.84 Å². The van der Waals surface area contributed by atoms with Crippen LogP contribution < -0.4 is 4.74 Å². The van der Waals surface area contributed by atoms with E-state index in [1.807, 2.05) is 32.0 Å². The third kappa shape index (κ3) is 3.37. The Bertz CT molecular complexity index is 349. The maximum atomic E-state index is 10.9. The van der Waals surface area contributed by atoms with Gasteiger partial charge in [0, 0.05) is 5.92 Å². The lowest BCUT2D eigenvalue weighted by Gasteiger charge is -2.18. The maximum Gasteiger partial charge on any atom is 0.345 e. The summed E-state index contributed by atoms with van der Waals surface area (Å²) in [5.41, 5.74) is 0. The second-order valence-corrected chi connectivity index (χ2v) is 4.71. The summed E-state index contributed by atoms with van der Waals surface area (Å²) in [7, 11) is 0. The number of halogens is 1. The van der Waals surface area contributed by atoms with Crippen LogP contribution in [0.25, 0.3) is 0 Å². The van der Waals surface area contributed by atoms with Crippen LogP contribution >= 0.6 is 22.6 Å². The summed E-state index contributed by atoms with van der Waals surface area (Å²) in [5, 5.41) is 8.97. The minimum Gasteiger partial charge on any atom is -0.478 e. The molecule has 3 nitrogen and oxygen atoms in total. The van der Waals surface area contributed by atoms with Gasteiger partial charge in [-0.15, -0.1) is 0 Å². The Morgan fingerprint density at radius 2 is 2.00 bits per heavy atom. The van der Waals surface area contributed by atoms with Crippen molar-refractivity contribution in [2.24, 2.45) is 5.92 Å². The Labute approximate surface area is 103 Å². The number of rotatable bonds is 4. The highest BCUT2D eigenvalue weighted by atomic mass is 127. The van der Waals surface area contributed by atoms with Crippen LogP contribution in [0.3, 0.4) is 0 Å². The van der Waals surface area contributed by atoms with Crippen LogP contribution in [0, 0.1) is 9.49 Å². The molecular weight excluding hydrogens is 307 g/mol. The second kappa shape index (κ2) is 5.34. The zero-order valence-corrected chi connectivity index (χ0v) is 10.8. The lowest BCUT2D eigenvalue weighted by Crippen LogP contribution is -2.32. The molecule has 0 heterocycles. The number of benzene rings is 1. The Balaban J connectivity index is 2.84. The Morgan fingerprint density at radius 1 is 1.40 bits per heavy atom. The van der Waals surface area contributed by atoms with E-state index < -0.39 is 12.1 Å². The van der Waals surface area contributed by atoms with Gasteiger partial charge in [-0.05, 0) is 34.7 Å². The Morgan fingerprint density at radius 3 is 2.47 bits per heavy atom. The molecule has 1 aromatic carbocycles. The zero-order valence-electron chi connectivity index (χ0n) is 8.61. The molecule has 4 heteroatoms. The minimum atomic E-state index is -0.926. The van der Waals surface area contributed by atoms with Crippen LogP contribution in [0.2, 0.25) is 0 Å². The summed E-state index contributed by atoms with van der Waals surface area (Å²) in [5.74, 6) is -0.359. The molecule has 0 aromatic heterocycles. The van der Waals surface area contributed by atoms with E-state index >= 15 is 0 Å². The van der Waals surface area contributed by atoms with Crippen molar-refractivity contribution >= 4 is 28.6 Å². The average molecular weight is 320 g/mol. The molecule has 0 fully saturated rings. The predicted octanol–water partition coefficient (Wildman–Crippen LogP) is 2.78. The molecule has 0 spiro atoms. The van der Waals surface area contributed by atoms with Gasteiger partial charge in [-0.3, -0.25) is 0 Å². The summed E-state index contributed by atoms with van der Waals surface area (Å²) >= 11 is 2.12. The van der Waals surface area contributed by atoms with Crippen molar-refractivity contribution in [2.45, 2.75) is 20.0 Å². The van der Waals surface area contributed by atoms with E-state index in [9.17, 15) is 4.79 Å². The lowest BCUT2D eigenvalue weighted by atomic mass is 10.1. The summed E-state index contributed by atoms with van der Waals surface area (Å²) in [6.07, 6.45) is -0.791. The maximum absolute atomic E-state index is 10.9. The first-order valence-electron chi connectivity index (χ1n) is 4.66. The third-order valence-corrected chi connectivity index (χ3v) is 2.83. The van der Waals surface area contributed by atoms with Gasteiger partial charge in [0.15, 0.2) is 6.10 Å². The Hall–Kier alpha value is -0.780. The average Bonchev–Trinajstić information content (AvgIpc) is 2.15. The van der Waals surface area contributed by atoms with E-state index in [1.165, 1.54) is 0 Å². The highest BCUT2D eigenvalue weighted by Gasteiger charge is 2.23. The second-order valence-electron chi connectivity index (χ2n) is 3.55. The van der Waals surface area contributed by atoms with Crippen molar-refractivity contribution in [1.82, 2.24) is 0 Å². The normalized spacial score (nSPS) is 12.5. The summed E-state index contributed by atoms with van der Waals surface area (Å²) in [4.78, 5) is 10.9. The molecule has 0 unspecified atom stereocenters. The molecule has 0 radical (unpaired) electrons. The van der Waals surface area contributed by atoms with Gasteiger partial charge in [0.25, 0.3) is 0 Å².